The highest BCUT2D eigenvalue weighted by Gasteiger charge is 2.20. The predicted octanol–water partition coefficient (Wildman–Crippen LogP) is 2.74. The zero-order chi connectivity index (χ0) is 18.0. The van der Waals surface area contributed by atoms with Crippen LogP contribution in [0.1, 0.15) is 31.4 Å². The van der Waals surface area contributed by atoms with Gasteiger partial charge in [-0.2, -0.15) is 0 Å². The summed E-state index contributed by atoms with van der Waals surface area (Å²) in [4.78, 5) is 23.0. The Morgan fingerprint density at radius 1 is 1.36 bits per heavy atom. The Morgan fingerprint density at radius 3 is 2.72 bits per heavy atom. The van der Waals surface area contributed by atoms with Crippen LogP contribution in [0.15, 0.2) is 42.7 Å². The summed E-state index contributed by atoms with van der Waals surface area (Å²) in [7, 11) is 0. The fourth-order valence-electron chi connectivity index (χ4n) is 2.55. The minimum absolute atomic E-state index is 0.517. The van der Waals surface area contributed by atoms with E-state index < -0.39 is 11.5 Å². The van der Waals surface area contributed by atoms with Crippen LogP contribution in [-0.4, -0.2) is 26.0 Å². The molecule has 0 radical (unpaired) electrons. The molecule has 0 spiro atoms. The molecule has 1 atom stereocenters. The Labute approximate surface area is 145 Å². The predicted molar refractivity (Wildman–Crippen MR) is 97.4 cm³/mol. The molecule has 2 heterocycles. The molecule has 0 aliphatic rings. The van der Waals surface area contributed by atoms with Gasteiger partial charge in [-0.1, -0.05) is 31.2 Å². The number of nitrogens with zero attached hydrogens (tertiary/aromatic N) is 2. The average Bonchev–Trinajstić information content (AvgIpc) is 3.02. The number of fused-ring (bicyclic) bond motifs is 1. The summed E-state index contributed by atoms with van der Waals surface area (Å²) in [6.45, 7) is 3.74. The van der Waals surface area contributed by atoms with Crippen molar-refractivity contribution >= 4 is 23.1 Å². The molecule has 0 saturated carbocycles. The summed E-state index contributed by atoms with van der Waals surface area (Å²) in [6, 6.07) is 7.63. The van der Waals surface area contributed by atoms with Gasteiger partial charge >= 0.3 is 0 Å². The van der Waals surface area contributed by atoms with Crippen molar-refractivity contribution in [2.24, 2.45) is 5.73 Å². The molecule has 128 valence electrons. The number of hydrogen-bond donors (Lipinski definition) is 3. The largest absolute Gasteiger partial charge is 0.385 e. The first kappa shape index (κ1) is 16.9. The fourth-order valence-corrected chi connectivity index (χ4v) is 2.55. The summed E-state index contributed by atoms with van der Waals surface area (Å²) < 4.78 is 0. The summed E-state index contributed by atoms with van der Waals surface area (Å²) in [5.74, 6) is -0.517. The minimum atomic E-state index is -0.846. The van der Waals surface area contributed by atoms with Gasteiger partial charge in [-0.15, -0.1) is 0 Å². The maximum absolute atomic E-state index is 10.9. The molecular formula is C19H20N4O2. The van der Waals surface area contributed by atoms with Gasteiger partial charge in [0.25, 0.3) is 0 Å². The number of nitrogens with one attached hydrogen (secondary N) is 1. The van der Waals surface area contributed by atoms with E-state index in [1.807, 2.05) is 31.2 Å². The average molecular weight is 336 g/mol. The third-order valence-corrected chi connectivity index (χ3v) is 4.33. The number of aromatic amines is 1. The lowest BCUT2D eigenvalue weighted by molar-refractivity contribution is -0.113. The fraction of sp³-hybridized carbons (Fsp3) is 0.211. The van der Waals surface area contributed by atoms with Gasteiger partial charge in [-0.25, -0.2) is 9.97 Å². The number of nitrogens with two attached hydrogens (primary N) is 1. The van der Waals surface area contributed by atoms with Crippen molar-refractivity contribution in [3.8, 4) is 11.3 Å². The summed E-state index contributed by atoms with van der Waals surface area (Å²) in [5, 5.41) is 10.3. The van der Waals surface area contributed by atoms with Crippen molar-refractivity contribution in [3.05, 3.63) is 53.9 Å². The molecule has 0 aliphatic heterocycles. The first-order chi connectivity index (χ1) is 11.9. The van der Waals surface area contributed by atoms with Crippen LogP contribution in [0.5, 0.6) is 0 Å². The van der Waals surface area contributed by atoms with Crippen molar-refractivity contribution in [1.29, 1.82) is 0 Å². The third kappa shape index (κ3) is 3.44. The van der Waals surface area contributed by atoms with Gasteiger partial charge in [0.1, 0.15) is 5.52 Å². The lowest BCUT2D eigenvalue weighted by atomic mass is 9.92. The zero-order valence-electron chi connectivity index (χ0n) is 14.2. The lowest BCUT2D eigenvalue weighted by Gasteiger charge is -2.21. The van der Waals surface area contributed by atoms with E-state index in [0.717, 1.165) is 16.7 Å². The van der Waals surface area contributed by atoms with Crippen molar-refractivity contribution in [2.45, 2.75) is 25.9 Å². The number of H-pyrrole nitrogens is 1. The van der Waals surface area contributed by atoms with Gasteiger partial charge in [0.05, 0.1) is 17.5 Å². The van der Waals surface area contributed by atoms with E-state index in [1.165, 1.54) is 6.08 Å². The molecule has 6 heteroatoms. The molecule has 0 aliphatic carbocycles. The highest BCUT2D eigenvalue weighted by Crippen LogP contribution is 2.27. The van der Waals surface area contributed by atoms with Crippen molar-refractivity contribution in [3.63, 3.8) is 0 Å². The molecule has 1 amide bonds. The van der Waals surface area contributed by atoms with E-state index in [-0.39, 0.29) is 0 Å². The second-order valence-electron chi connectivity index (χ2n) is 6.14. The number of carbonyl (C=O) groups excluding carboxylic acids is 1. The van der Waals surface area contributed by atoms with Crippen LogP contribution in [0.25, 0.3) is 28.5 Å². The van der Waals surface area contributed by atoms with E-state index in [2.05, 4.69) is 15.0 Å². The van der Waals surface area contributed by atoms with Crippen LogP contribution in [0, 0.1) is 0 Å². The van der Waals surface area contributed by atoms with Gasteiger partial charge in [0.15, 0.2) is 5.65 Å². The molecule has 4 N–H and O–H groups in total. The van der Waals surface area contributed by atoms with E-state index in [1.54, 1.807) is 25.4 Å². The van der Waals surface area contributed by atoms with E-state index in [9.17, 15) is 9.90 Å². The number of rotatable bonds is 5. The number of primary amides is 1. The minimum Gasteiger partial charge on any atom is -0.385 e. The Hall–Kier alpha value is -2.99. The maximum Gasteiger partial charge on any atom is 0.241 e. The molecular weight excluding hydrogens is 316 g/mol. The molecule has 25 heavy (non-hydrogen) atoms. The Morgan fingerprint density at radius 2 is 2.08 bits per heavy atom. The summed E-state index contributed by atoms with van der Waals surface area (Å²) in [6.07, 6.45) is 6.96. The third-order valence-electron chi connectivity index (χ3n) is 4.33. The molecule has 2 aromatic heterocycles. The Bertz CT molecular complexity index is 940. The number of aliphatic hydroxyl groups is 1. The number of hydrogen-bond acceptors (Lipinski definition) is 4. The standard InChI is InChI=1S/C19H20N4O2/c1-3-19(2,25)14-7-4-12(5-8-14)15-11-22-18-17(23-15)13(10-21-18)6-9-16(20)24/h4-11,25H,3H2,1-2H3,(H2,20,24)(H,21,22). The topological polar surface area (TPSA) is 105 Å². The van der Waals surface area contributed by atoms with Crippen molar-refractivity contribution in [1.82, 2.24) is 15.0 Å². The zero-order valence-corrected chi connectivity index (χ0v) is 14.2. The smallest absolute Gasteiger partial charge is 0.241 e. The van der Waals surface area contributed by atoms with Crippen molar-refractivity contribution in [2.75, 3.05) is 0 Å². The number of aromatic nitrogens is 3. The number of carbonyl (C=O) groups is 1. The van der Waals surface area contributed by atoms with Crippen LogP contribution >= 0.6 is 0 Å². The van der Waals surface area contributed by atoms with E-state index in [4.69, 9.17) is 5.73 Å². The van der Waals surface area contributed by atoms with Crippen LogP contribution in [0.3, 0.4) is 0 Å². The van der Waals surface area contributed by atoms with Crippen molar-refractivity contribution < 1.29 is 9.90 Å². The van der Waals surface area contributed by atoms with E-state index >= 15 is 0 Å². The van der Waals surface area contributed by atoms with Gasteiger partial charge in [-0.3, -0.25) is 4.79 Å². The number of benzene rings is 1. The van der Waals surface area contributed by atoms with Crippen LogP contribution in [0.2, 0.25) is 0 Å². The summed E-state index contributed by atoms with van der Waals surface area (Å²) in [5.41, 5.74) is 8.82. The van der Waals surface area contributed by atoms with Gasteiger partial charge in [0, 0.05) is 23.4 Å². The van der Waals surface area contributed by atoms with E-state index in [0.29, 0.717) is 23.3 Å². The van der Waals surface area contributed by atoms with Gasteiger partial charge < -0.3 is 15.8 Å². The normalized spacial score (nSPS) is 14.0. The quantitative estimate of drug-likeness (QED) is 0.623. The highest BCUT2D eigenvalue weighted by atomic mass is 16.3. The monoisotopic (exact) mass is 336 g/mol. The molecule has 0 bridgehead atoms. The molecule has 3 aromatic rings. The Balaban J connectivity index is 1.99. The number of amides is 1. The van der Waals surface area contributed by atoms with Gasteiger partial charge in [0.2, 0.25) is 5.91 Å². The molecule has 1 aromatic carbocycles. The van der Waals surface area contributed by atoms with Crippen LogP contribution in [-0.2, 0) is 10.4 Å². The second-order valence-corrected chi connectivity index (χ2v) is 6.14. The maximum atomic E-state index is 10.9. The molecule has 6 nitrogen and oxygen atoms in total. The molecule has 1 unspecified atom stereocenters. The second kappa shape index (κ2) is 6.49. The molecule has 0 saturated heterocycles. The Kier molecular flexibility index (Phi) is 4.37. The molecule has 0 fully saturated rings. The molecule has 3 rings (SSSR count). The van der Waals surface area contributed by atoms with Crippen LogP contribution < -0.4 is 5.73 Å². The lowest BCUT2D eigenvalue weighted by Crippen LogP contribution is -2.19. The van der Waals surface area contributed by atoms with Gasteiger partial charge in [-0.05, 0) is 25.0 Å². The summed E-state index contributed by atoms with van der Waals surface area (Å²) >= 11 is 0. The first-order valence-corrected chi connectivity index (χ1v) is 8.05. The highest BCUT2D eigenvalue weighted by molar-refractivity contribution is 5.93. The SMILES string of the molecule is CCC(C)(O)c1ccc(-c2cnc3[nH]cc(C=CC(N)=O)c3n2)cc1. The van der Waals surface area contributed by atoms with Crippen LogP contribution in [0.4, 0.5) is 0 Å². The first-order valence-electron chi connectivity index (χ1n) is 8.05.